The zero-order valence-corrected chi connectivity index (χ0v) is 16.2. The van der Waals surface area contributed by atoms with Crippen LogP contribution in [0, 0.1) is 0 Å². The molecule has 0 aliphatic carbocycles. The summed E-state index contributed by atoms with van der Waals surface area (Å²) < 4.78 is 0. The quantitative estimate of drug-likeness (QED) is 0.714. The van der Waals surface area contributed by atoms with Gasteiger partial charge in [0.1, 0.15) is 0 Å². The monoisotopic (exact) mass is 354 g/mol. The number of rotatable bonds is 4. The minimum atomic E-state index is 0.163. The highest BCUT2D eigenvalue weighted by molar-refractivity contribution is 6.30. The first kappa shape index (κ1) is 18.2. The normalized spacial score (nSPS) is 16.4. The Balaban J connectivity index is 1.92. The lowest BCUT2D eigenvalue weighted by atomic mass is 9.86. The van der Waals surface area contributed by atoms with Gasteiger partial charge in [0, 0.05) is 18.3 Å². The summed E-state index contributed by atoms with van der Waals surface area (Å²) in [5.41, 5.74) is 4.88. The van der Waals surface area contributed by atoms with Gasteiger partial charge in [-0.15, -0.1) is 0 Å². The number of benzene rings is 1. The Kier molecular flexibility index (Phi) is 5.61. The minimum absolute atomic E-state index is 0.163. The van der Waals surface area contributed by atoms with E-state index in [4.69, 9.17) is 11.6 Å². The van der Waals surface area contributed by atoms with Crippen LogP contribution in [0.25, 0.3) is 5.57 Å². The van der Waals surface area contributed by atoms with Crippen LogP contribution in [0.3, 0.4) is 0 Å². The van der Waals surface area contributed by atoms with Gasteiger partial charge in [-0.25, -0.2) is 0 Å². The zero-order chi connectivity index (χ0) is 17.9. The maximum absolute atomic E-state index is 6.02. The maximum atomic E-state index is 6.02. The van der Waals surface area contributed by atoms with Crippen LogP contribution in [0.1, 0.15) is 50.4 Å². The molecule has 2 nitrogen and oxygen atoms in total. The van der Waals surface area contributed by atoms with Crippen LogP contribution in [-0.2, 0) is 5.41 Å². The smallest absolute Gasteiger partial charge is 0.0706 e. The average molecular weight is 355 g/mol. The summed E-state index contributed by atoms with van der Waals surface area (Å²) in [6, 6.07) is 12.8. The lowest BCUT2D eigenvalue weighted by molar-refractivity contribution is 0.377. The van der Waals surface area contributed by atoms with Gasteiger partial charge in [0.05, 0.1) is 10.7 Å². The molecule has 1 aromatic carbocycles. The van der Waals surface area contributed by atoms with Crippen molar-refractivity contribution in [2.75, 3.05) is 19.6 Å². The molecule has 3 heteroatoms. The molecule has 1 saturated heterocycles. The molecule has 1 aliphatic heterocycles. The van der Waals surface area contributed by atoms with Gasteiger partial charge in [0.25, 0.3) is 0 Å². The predicted octanol–water partition coefficient (Wildman–Crippen LogP) is 5.56. The van der Waals surface area contributed by atoms with Crippen molar-refractivity contribution < 1.29 is 0 Å². The third kappa shape index (κ3) is 4.71. The molecule has 0 atom stereocenters. The summed E-state index contributed by atoms with van der Waals surface area (Å²) in [6.07, 6.45) is 6.66. The molecule has 0 unspecified atom stereocenters. The third-order valence-electron chi connectivity index (χ3n) is 4.82. The minimum Gasteiger partial charge on any atom is -0.300 e. The molecular weight excluding hydrogens is 328 g/mol. The van der Waals surface area contributed by atoms with E-state index in [1.54, 1.807) is 6.20 Å². The van der Waals surface area contributed by atoms with Crippen molar-refractivity contribution in [1.82, 2.24) is 9.88 Å². The molecule has 1 fully saturated rings. The number of pyridine rings is 1. The predicted molar refractivity (Wildman–Crippen MR) is 107 cm³/mol. The Morgan fingerprint density at radius 1 is 1.08 bits per heavy atom. The van der Waals surface area contributed by atoms with Gasteiger partial charge in [0.15, 0.2) is 0 Å². The molecule has 0 spiro atoms. The first-order valence-corrected chi connectivity index (χ1v) is 9.47. The van der Waals surface area contributed by atoms with Gasteiger partial charge in [-0.05, 0) is 54.6 Å². The third-order valence-corrected chi connectivity index (χ3v) is 5.04. The number of hydrogen-bond donors (Lipinski definition) is 0. The van der Waals surface area contributed by atoms with Gasteiger partial charge in [-0.2, -0.15) is 0 Å². The molecule has 132 valence electrons. The molecule has 2 aromatic rings. The highest BCUT2D eigenvalue weighted by atomic mass is 35.5. The first-order chi connectivity index (χ1) is 11.9. The Morgan fingerprint density at radius 2 is 1.76 bits per heavy atom. The van der Waals surface area contributed by atoms with Crippen LogP contribution >= 0.6 is 11.6 Å². The van der Waals surface area contributed by atoms with E-state index in [-0.39, 0.29) is 5.41 Å². The molecule has 25 heavy (non-hydrogen) atoms. The Hall–Kier alpha value is -1.64. The Bertz CT molecular complexity index is 718. The van der Waals surface area contributed by atoms with E-state index in [1.165, 1.54) is 42.6 Å². The van der Waals surface area contributed by atoms with E-state index in [0.29, 0.717) is 5.02 Å². The fraction of sp³-hybridized carbons (Fsp3) is 0.409. The summed E-state index contributed by atoms with van der Waals surface area (Å²) in [5.74, 6) is 0. The second kappa shape index (κ2) is 7.72. The van der Waals surface area contributed by atoms with E-state index in [0.717, 1.165) is 12.2 Å². The molecule has 0 amide bonds. The van der Waals surface area contributed by atoms with Crippen molar-refractivity contribution in [2.24, 2.45) is 0 Å². The lowest BCUT2D eigenvalue weighted by Crippen LogP contribution is -2.19. The number of likely N-dealkylation sites (tertiary alicyclic amines) is 1. The molecule has 0 saturated carbocycles. The van der Waals surface area contributed by atoms with Gasteiger partial charge < -0.3 is 0 Å². The van der Waals surface area contributed by atoms with Crippen LogP contribution in [0.4, 0.5) is 0 Å². The average Bonchev–Trinajstić information content (AvgIpc) is 3.10. The van der Waals surface area contributed by atoms with Crippen molar-refractivity contribution in [3.8, 4) is 0 Å². The Labute approximate surface area is 156 Å². The van der Waals surface area contributed by atoms with E-state index in [2.05, 4.69) is 61.0 Å². The highest BCUT2D eigenvalue weighted by Gasteiger charge is 2.15. The van der Waals surface area contributed by atoms with Crippen LogP contribution in [-0.4, -0.2) is 29.5 Å². The molecule has 0 N–H and O–H groups in total. The second-order valence-electron chi connectivity index (χ2n) is 7.81. The lowest BCUT2D eigenvalue weighted by Gasteiger charge is -2.20. The second-order valence-corrected chi connectivity index (χ2v) is 8.25. The standard InChI is InChI=1S/C22H27ClN2/c1-22(2,3)18-8-6-17(7-9-18)20(12-15-25-13-4-5-14-25)21-11-10-19(23)16-24-21/h6-12,16H,4-5,13-15H2,1-3H3/b20-12+. The van der Waals surface area contributed by atoms with E-state index >= 15 is 0 Å². The van der Waals surface area contributed by atoms with Crippen molar-refractivity contribution in [3.05, 3.63) is 70.5 Å². The zero-order valence-electron chi connectivity index (χ0n) is 15.4. The molecule has 3 rings (SSSR count). The maximum Gasteiger partial charge on any atom is 0.0706 e. The van der Waals surface area contributed by atoms with Crippen molar-refractivity contribution in [2.45, 2.75) is 39.0 Å². The summed E-state index contributed by atoms with van der Waals surface area (Å²) in [5, 5.41) is 0.672. The fourth-order valence-corrected chi connectivity index (χ4v) is 3.35. The fourth-order valence-electron chi connectivity index (χ4n) is 3.24. The molecule has 1 aliphatic rings. The molecule has 1 aromatic heterocycles. The first-order valence-electron chi connectivity index (χ1n) is 9.09. The molecule has 2 heterocycles. The molecular formula is C22H27ClN2. The number of nitrogens with zero attached hydrogens (tertiary/aromatic N) is 2. The number of aromatic nitrogens is 1. The van der Waals surface area contributed by atoms with Gasteiger partial charge in [-0.1, -0.05) is 62.7 Å². The molecule has 0 bridgehead atoms. The van der Waals surface area contributed by atoms with Gasteiger partial charge >= 0.3 is 0 Å². The number of halogens is 1. The van der Waals surface area contributed by atoms with Crippen LogP contribution in [0.2, 0.25) is 5.02 Å². The van der Waals surface area contributed by atoms with Crippen molar-refractivity contribution in [1.29, 1.82) is 0 Å². The number of hydrogen-bond acceptors (Lipinski definition) is 2. The van der Waals surface area contributed by atoms with Crippen molar-refractivity contribution in [3.63, 3.8) is 0 Å². The Morgan fingerprint density at radius 3 is 2.32 bits per heavy atom. The van der Waals surface area contributed by atoms with Crippen molar-refractivity contribution >= 4 is 17.2 Å². The van der Waals surface area contributed by atoms with Gasteiger partial charge in [0.2, 0.25) is 0 Å². The van der Waals surface area contributed by atoms with Crippen LogP contribution in [0.15, 0.2) is 48.7 Å². The summed E-state index contributed by atoms with van der Waals surface area (Å²) in [7, 11) is 0. The summed E-state index contributed by atoms with van der Waals surface area (Å²) >= 11 is 6.02. The summed E-state index contributed by atoms with van der Waals surface area (Å²) in [6.45, 7) is 10.1. The molecule has 0 radical (unpaired) electrons. The van der Waals surface area contributed by atoms with E-state index < -0.39 is 0 Å². The van der Waals surface area contributed by atoms with E-state index in [1.807, 2.05) is 12.1 Å². The topological polar surface area (TPSA) is 16.1 Å². The van der Waals surface area contributed by atoms with Crippen LogP contribution in [0.5, 0.6) is 0 Å². The highest BCUT2D eigenvalue weighted by Crippen LogP contribution is 2.27. The summed E-state index contributed by atoms with van der Waals surface area (Å²) in [4.78, 5) is 7.05. The van der Waals surface area contributed by atoms with Gasteiger partial charge in [-0.3, -0.25) is 9.88 Å². The van der Waals surface area contributed by atoms with Crippen LogP contribution < -0.4 is 0 Å². The van der Waals surface area contributed by atoms with E-state index in [9.17, 15) is 0 Å². The SMILES string of the molecule is CC(C)(C)c1ccc(/C(=C\CN2CCCC2)c2ccc(Cl)cn2)cc1. The largest absolute Gasteiger partial charge is 0.300 e.